The van der Waals surface area contributed by atoms with Gasteiger partial charge in [-0.3, -0.25) is 4.90 Å². The van der Waals surface area contributed by atoms with Crippen molar-refractivity contribution in [1.29, 1.82) is 0 Å². The number of anilines is 1. The first kappa shape index (κ1) is 16.2. The Morgan fingerprint density at radius 2 is 2.05 bits per heavy atom. The molecule has 0 spiro atoms. The summed E-state index contributed by atoms with van der Waals surface area (Å²) in [5, 5.41) is 0. The van der Waals surface area contributed by atoms with Crippen LogP contribution in [-0.4, -0.2) is 56.2 Å². The van der Waals surface area contributed by atoms with Gasteiger partial charge in [-0.15, -0.1) is 12.4 Å². The van der Waals surface area contributed by atoms with Crippen LogP contribution >= 0.6 is 12.4 Å². The molecule has 1 aromatic rings. The van der Waals surface area contributed by atoms with Gasteiger partial charge in [-0.25, -0.2) is 0 Å². The lowest BCUT2D eigenvalue weighted by Gasteiger charge is -2.28. The SMILES string of the molecule is CN(CCN1CCOCC1)Cc1cccc(N)c1.Cl. The minimum Gasteiger partial charge on any atom is -0.399 e. The average molecular weight is 286 g/mol. The molecule has 19 heavy (non-hydrogen) atoms. The van der Waals surface area contributed by atoms with Gasteiger partial charge in [0.25, 0.3) is 0 Å². The smallest absolute Gasteiger partial charge is 0.0594 e. The average Bonchev–Trinajstić information content (AvgIpc) is 2.38. The Labute approximate surface area is 121 Å². The number of nitrogen functional groups attached to an aromatic ring is 1. The van der Waals surface area contributed by atoms with Gasteiger partial charge in [0.05, 0.1) is 13.2 Å². The van der Waals surface area contributed by atoms with Gasteiger partial charge < -0.3 is 15.4 Å². The number of morpholine rings is 1. The fourth-order valence-electron chi connectivity index (χ4n) is 2.22. The highest BCUT2D eigenvalue weighted by Gasteiger charge is 2.10. The maximum absolute atomic E-state index is 5.78. The van der Waals surface area contributed by atoms with Crippen molar-refractivity contribution in [1.82, 2.24) is 9.80 Å². The van der Waals surface area contributed by atoms with Gasteiger partial charge in [0.1, 0.15) is 0 Å². The Morgan fingerprint density at radius 3 is 2.74 bits per heavy atom. The third-order valence-corrected chi connectivity index (χ3v) is 3.31. The van der Waals surface area contributed by atoms with Gasteiger partial charge in [0.2, 0.25) is 0 Å². The van der Waals surface area contributed by atoms with E-state index in [9.17, 15) is 0 Å². The molecule has 2 rings (SSSR count). The number of hydrogen-bond donors (Lipinski definition) is 1. The highest BCUT2D eigenvalue weighted by atomic mass is 35.5. The van der Waals surface area contributed by atoms with Gasteiger partial charge in [0, 0.05) is 38.4 Å². The molecule has 1 saturated heterocycles. The van der Waals surface area contributed by atoms with Crippen molar-refractivity contribution in [2.24, 2.45) is 0 Å². The zero-order chi connectivity index (χ0) is 12.8. The summed E-state index contributed by atoms with van der Waals surface area (Å²) >= 11 is 0. The van der Waals surface area contributed by atoms with Crippen LogP contribution in [-0.2, 0) is 11.3 Å². The number of nitrogens with two attached hydrogens (primary N) is 1. The Balaban J connectivity index is 0.00000180. The normalized spacial score (nSPS) is 16.3. The Morgan fingerprint density at radius 1 is 1.32 bits per heavy atom. The van der Waals surface area contributed by atoms with Crippen molar-refractivity contribution >= 4 is 18.1 Å². The quantitative estimate of drug-likeness (QED) is 0.832. The second-order valence-corrected chi connectivity index (χ2v) is 4.94. The van der Waals surface area contributed by atoms with E-state index in [2.05, 4.69) is 22.9 Å². The van der Waals surface area contributed by atoms with E-state index >= 15 is 0 Å². The highest BCUT2D eigenvalue weighted by Crippen LogP contribution is 2.08. The van der Waals surface area contributed by atoms with E-state index in [-0.39, 0.29) is 12.4 Å². The molecular weight excluding hydrogens is 262 g/mol. The van der Waals surface area contributed by atoms with Crippen LogP contribution in [0.4, 0.5) is 5.69 Å². The molecule has 1 heterocycles. The molecule has 1 fully saturated rings. The molecule has 0 radical (unpaired) electrons. The molecule has 0 unspecified atom stereocenters. The molecule has 0 aromatic heterocycles. The molecule has 1 aromatic carbocycles. The largest absolute Gasteiger partial charge is 0.399 e. The summed E-state index contributed by atoms with van der Waals surface area (Å²) in [6.45, 7) is 7.02. The number of benzene rings is 1. The van der Waals surface area contributed by atoms with E-state index < -0.39 is 0 Å². The van der Waals surface area contributed by atoms with E-state index in [0.29, 0.717) is 0 Å². The fourth-order valence-corrected chi connectivity index (χ4v) is 2.22. The molecule has 0 atom stereocenters. The molecule has 2 N–H and O–H groups in total. The molecular formula is C14H24ClN3O. The Hall–Kier alpha value is -0.810. The summed E-state index contributed by atoms with van der Waals surface area (Å²) < 4.78 is 5.35. The molecule has 108 valence electrons. The van der Waals surface area contributed by atoms with Crippen LogP contribution in [0, 0.1) is 0 Å². The number of rotatable bonds is 5. The third-order valence-electron chi connectivity index (χ3n) is 3.31. The molecule has 0 saturated carbocycles. The predicted octanol–water partition coefficient (Wildman–Crippen LogP) is 1.45. The Kier molecular flexibility index (Phi) is 7.16. The summed E-state index contributed by atoms with van der Waals surface area (Å²) in [5.41, 5.74) is 7.90. The molecule has 0 amide bonds. The van der Waals surface area contributed by atoms with E-state index in [4.69, 9.17) is 10.5 Å². The van der Waals surface area contributed by atoms with E-state index in [1.165, 1.54) is 5.56 Å². The maximum atomic E-state index is 5.78. The summed E-state index contributed by atoms with van der Waals surface area (Å²) in [5.74, 6) is 0. The first-order valence-electron chi connectivity index (χ1n) is 6.57. The van der Waals surface area contributed by atoms with Crippen molar-refractivity contribution in [2.75, 3.05) is 52.2 Å². The molecule has 0 bridgehead atoms. The first-order chi connectivity index (χ1) is 8.74. The second kappa shape index (κ2) is 8.38. The number of likely N-dealkylation sites (N-methyl/N-ethyl adjacent to an activating group) is 1. The molecule has 5 heteroatoms. The maximum Gasteiger partial charge on any atom is 0.0594 e. The van der Waals surface area contributed by atoms with E-state index in [1.54, 1.807) is 0 Å². The topological polar surface area (TPSA) is 41.7 Å². The molecule has 1 aliphatic heterocycles. The van der Waals surface area contributed by atoms with Crippen molar-refractivity contribution in [3.05, 3.63) is 29.8 Å². The number of nitrogens with zero attached hydrogens (tertiary/aromatic N) is 2. The minimum absolute atomic E-state index is 0. The van der Waals surface area contributed by atoms with Crippen LogP contribution in [0.15, 0.2) is 24.3 Å². The highest BCUT2D eigenvalue weighted by molar-refractivity contribution is 5.85. The number of hydrogen-bond acceptors (Lipinski definition) is 4. The summed E-state index contributed by atoms with van der Waals surface area (Å²) in [6.07, 6.45) is 0. The van der Waals surface area contributed by atoms with Crippen molar-refractivity contribution in [3.63, 3.8) is 0 Å². The zero-order valence-electron chi connectivity index (χ0n) is 11.5. The summed E-state index contributed by atoms with van der Waals surface area (Å²) in [7, 11) is 2.16. The third kappa shape index (κ3) is 5.78. The van der Waals surface area contributed by atoms with E-state index in [1.807, 2.05) is 18.2 Å². The summed E-state index contributed by atoms with van der Waals surface area (Å²) in [6, 6.07) is 8.12. The van der Waals surface area contributed by atoms with Crippen LogP contribution in [0.3, 0.4) is 0 Å². The van der Waals surface area contributed by atoms with Gasteiger partial charge in [0.15, 0.2) is 0 Å². The second-order valence-electron chi connectivity index (χ2n) is 4.94. The van der Waals surface area contributed by atoms with Crippen LogP contribution < -0.4 is 5.73 Å². The van der Waals surface area contributed by atoms with E-state index in [0.717, 1.165) is 51.6 Å². The molecule has 0 aliphatic carbocycles. The van der Waals surface area contributed by atoms with Crippen LogP contribution in [0.25, 0.3) is 0 Å². The van der Waals surface area contributed by atoms with Gasteiger partial charge in [-0.1, -0.05) is 12.1 Å². The van der Waals surface area contributed by atoms with Gasteiger partial charge >= 0.3 is 0 Å². The predicted molar refractivity (Wildman–Crippen MR) is 81.7 cm³/mol. The summed E-state index contributed by atoms with van der Waals surface area (Å²) in [4.78, 5) is 4.80. The van der Waals surface area contributed by atoms with Crippen LogP contribution in [0.5, 0.6) is 0 Å². The van der Waals surface area contributed by atoms with Crippen molar-refractivity contribution < 1.29 is 4.74 Å². The first-order valence-corrected chi connectivity index (χ1v) is 6.57. The fraction of sp³-hybridized carbons (Fsp3) is 0.571. The van der Waals surface area contributed by atoms with Crippen molar-refractivity contribution in [2.45, 2.75) is 6.54 Å². The lowest BCUT2D eigenvalue weighted by atomic mass is 10.2. The van der Waals surface area contributed by atoms with Crippen LogP contribution in [0.2, 0.25) is 0 Å². The number of halogens is 1. The van der Waals surface area contributed by atoms with Crippen LogP contribution in [0.1, 0.15) is 5.56 Å². The standard InChI is InChI=1S/C14H23N3O.ClH/c1-16(5-6-17-7-9-18-10-8-17)12-13-3-2-4-14(15)11-13;/h2-4,11H,5-10,12,15H2,1H3;1H. The molecule has 4 nitrogen and oxygen atoms in total. The lowest BCUT2D eigenvalue weighted by Crippen LogP contribution is -2.40. The Bertz CT molecular complexity index is 369. The minimum atomic E-state index is 0. The monoisotopic (exact) mass is 285 g/mol. The van der Waals surface area contributed by atoms with Crippen molar-refractivity contribution in [3.8, 4) is 0 Å². The van der Waals surface area contributed by atoms with Gasteiger partial charge in [-0.05, 0) is 24.7 Å². The zero-order valence-corrected chi connectivity index (χ0v) is 12.4. The lowest BCUT2D eigenvalue weighted by molar-refractivity contribution is 0.0342. The number of ether oxygens (including phenoxy) is 1. The molecule has 1 aliphatic rings. The van der Waals surface area contributed by atoms with Gasteiger partial charge in [-0.2, -0.15) is 0 Å².